The summed E-state index contributed by atoms with van der Waals surface area (Å²) in [6.07, 6.45) is 0. The Morgan fingerprint density at radius 1 is 0.850 bits per heavy atom. The Balaban J connectivity index is 2.40. The van der Waals surface area contributed by atoms with Gasteiger partial charge < -0.3 is 19.7 Å². The number of fused-ring (bicyclic) bond motifs is 1. The zero-order chi connectivity index (χ0) is 14.3. The normalized spacial score (nSPS) is 10.8. The van der Waals surface area contributed by atoms with E-state index in [0.717, 1.165) is 0 Å². The molecule has 0 aliphatic rings. The van der Waals surface area contributed by atoms with Gasteiger partial charge in [-0.25, -0.2) is 4.79 Å². The first-order chi connectivity index (χ1) is 9.54. The molecule has 0 aliphatic carbocycles. The zero-order valence-corrected chi connectivity index (χ0v) is 10.2. The number of rotatable bonds is 1. The molecular weight excluding hydrogens is 260 g/mol. The minimum atomic E-state index is -0.592. The SMILES string of the molecule is O=c1cc(-c2ccc(O)cc2)c2c(O)cc(O)cc2o1. The van der Waals surface area contributed by atoms with E-state index in [0.29, 0.717) is 16.5 Å². The molecule has 0 bridgehead atoms. The van der Waals surface area contributed by atoms with Crippen LogP contribution in [0.25, 0.3) is 22.1 Å². The molecule has 0 spiro atoms. The summed E-state index contributed by atoms with van der Waals surface area (Å²) in [4.78, 5) is 11.6. The molecule has 0 saturated heterocycles. The Kier molecular flexibility index (Phi) is 2.61. The lowest BCUT2D eigenvalue weighted by Crippen LogP contribution is -1.98. The van der Waals surface area contributed by atoms with Crippen molar-refractivity contribution in [2.45, 2.75) is 0 Å². The van der Waals surface area contributed by atoms with Gasteiger partial charge in [0, 0.05) is 23.8 Å². The number of phenols is 3. The van der Waals surface area contributed by atoms with Crippen molar-refractivity contribution in [1.82, 2.24) is 0 Å². The van der Waals surface area contributed by atoms with Crippen molar-refractivity contribution in [2.24, 2.45) is 0 Å². The number of benzene rings is 2. The summed E-state index contributed by atoms with van der Waals surface area (Å²) < 4.78 is 4.98. The number of hydrogen-bond donors (Lipinski definition) is 3. The van der Waals surface area contributed by atoms with Crippen LogP contribution in [0.5, 0.6) is 17.2 Å². The third kappa shape index (κ3) is 1.95. The molecule has 0 unspecified atom stereocenters. The van der Waals surface area contributed by atoms with Crippen molar-refractivity contribution in [3.05, 3.63) is 52.9 Å². The van der Waals surface area contributed by atoms with E-state index in [2.05, 4.69) is 0 Å². The lowest BCUT2D eigenvalue weighted by atomic mass is 10.0. The highest BCUT2D eigenvalue weighted by Crippen LogP contribution is 2.36. The van der Waals surface area contributed by atoms with E-state index in [9.17, 15) is 20.1 Å². The molecular formula is C15H10O5. The summed E-state index contributed by atoms with van der Waals surface area (Å²) in [6, 6.07) is 9.89. The molecule has 5 nitrogen and oxygen atoms in total. The van der Waals surface area contributed by atoms with Gasteiger partial charge >= 0.3 is 5.63 Å². The predicted molar refractivity (Wildman–Crippen MR) is 72.9 cm³/mol. The minimum Gasteiger partial charge on any atom is -0.508 e. The van der Waals surface area contributed by atoms with Crippen LogP contribution in [0.3, 0.4) is 0 Å². The molecule has 0 aliphatic heterocycles. The van der Waals surface area contributed by atoms with Gasteiger partial charge in [0.25, 0.3) is 0 Å². The van der Waals surface area contributed by atoms with Gasteiger partial charge in [0.1, 0.15) is 22.8 Å². The highest BCUT2D eigenvalue weighted by atomic mass is 16.4. The highest BCUT2D eigenvalue weighted by Gasteiger charge is 2.13. The maximum absolute atomic E-state index is 11.6. The largest absolute Gasteiger partial charge is 0.508 e. The van der Waals surface area contributed by atoms with E-state index < -0.39 is 5.63 Å². The molecule has 1 aromatic heterocycles. The number of hydrogen-bond acceptors (Lipinski definition) is 5. The van der Waals surface area contributed by atoms with Gasteiger partial charge in [0.05, 0.1) is 5.39 Å². The van der Waals surface area contributed by atoms with Crippen LogP contribution in [0, 0.1) is 0 Å². The van der Waals surface area contributed by atoms with Crippen molar-refractivity contribution in [2.75, 3.05) is 0 Å². The molecule has 0 saturated carbocycles. The van der Waals surface area contributed by atoms with E-state index in [1.165, 1.54) is 30.3 Å². The van der Waals surface area contributed by atoms with E-state index in [1.807, 2.05) is 0 Å². The van der Waals surface area contributed by atoms with Gasteiger partial charge in [0.2, 0.25) is 0 Å². The average molecular weight is 270 g/mol. The Labute approximate surface area is 113 Å². The fourth-order valence-corrected chi connectivity index (χ4v) is 2.13. The first-order valence-electron chi connectivity index (χ1n) is 5.84. The monoisotopic (exact) mass is 270 g/mol. The van der Waals surface area contributed by atoms with Crippen LogP contribution in [0.4, 0.5) is 0 Å². The van der Waals surface area contributed by atoms with Crippen LogP contribution in [-0.2, 0) is 0 Å². The Morgan fingerprint density at radius 2 is 1.55 bits per heavy atom. The summed E-state index contributed by atoms with van der Waals surface area (Å²) in [5.41, 5.74) is 0.610. The summed E-state index contributed by atoms with van der Waals surface area (Å²) in [7, 11) is 0. The smallest absolute Gasteiger partial charge is 0.336 e. The standard InChI is InChI=1S/C15H10O5/c16-9-3-1-8(2-4-9)11-7-14(19)20-13-6-10(17)5-12(18)15(11)13/h1-7,16-18H. The van der Waals surface area contributed by atoms with Crippen molar-refractivity contribution in [3.63, 3.8) is 0 Å². The van der Waals surface area contributed by atoms with Crippen LogP contribution in [-0.4, -0.2) is 15.3 Å². The fraction of sp³-hybridized carbons (Fsp3) is 0. The Bertz CT molecular complexity index is 847. The summed E-state index contributed by atoms with van der Waals surface area (Å²) in [6.45, 7) is 0. The number of phenolic OH excluding ortho intramolecular Hbond substituents is 3. The molecule has 3 aromatic rings. The second kappa shape index (κ2) is 4.31. The van der Waals surface area contributed by atoms with Crippen LogP contribution >= 0.6 is 0 Å². The molecule has 100 valence electrons. The van der Waals surface area contributed by atoms with Gasteiger partial charge in [-0.05, 0) is 17.7 Å². The average Bonchev–Trinajstić information content (AvgIpc) is 2.37. The van der Waals surface area contributed by atoms with Crippen LogP contribution in [0.1, 0.15) is 0 Å². The topological polar surface area (TPSA) is 90.9 Å². The third-order valence-electron chi connectivity index (χ3n) is 2.99. The van der Waals surface area contributed by atoms with Gasteiger partial charge in [0.15, 0.2) is 0 Å². The molecule has 20 heavy (non-hydrogen) atoms. The molecule has 3 rings (SSSR count). The van der Waals surface area contributed by atoms with Gasteiger partial charge in [-0.2, -0.15) is 0 Å². The quantitative estimate of drug-likeness (QED) is 0.591. The predicted octanol–water partition coefficient (Wildman–Crippen LogP) is 2.58. The Morgan fingerprint density at radius 3 is 2.25 bits per heavy atom. The van der Waals surface area contributed by atoms with Crippen LogP contribution in [0.2, 0.25) is 0 Å². The van der Waals surface area contributed by atoms with Crippen molar-refractivity contribution >= 4 is 11.0 Å². The van der Waals surface area contributed by atoms with Crippen molar-refractivity contribution in [1.29, 1.82) is 0 Å². The van der Waals surface area contributed by atoms with E-state index >= 15 is 0 Å². The second-order valence-electron chi connectivity index (χ2n) is 4.36. The summed E-state index contributed by atoms with van der Waals surface area (Å²) in [5, 5.41) is 29.0. The van der Waals surface area contributed by atoms with Crippen LogP contribution < -0.4 is 5.63 Å². The third-order valence-corrected chi connectivity index (χ3v) is 2.99. The summed E-state index contributed by atoms with van der Waals surface area (Å²) in [5.74, 6) is -0.282. The highest BCUT2D eigenvalue weighted by molar-refractivity contribution is 5.98. The van der Waals surface area contributed by atoms with Crippen LogP contribution in [0.15, 0.2) is 51.7 Å². The molecule has 0 fully saturated rings. The van der Waals surface area contributed by atoms with E-state index in [4.69, 9.17) is 4.42 Å². The summed E-state index contributed by atoms with van der Waals surface area (Å²) >= 11 is 0. The molecule has 3 N–H and O–H groups in total. The number of aromatic hydroxyl groups is 3. The van der Waals surface area contributed by atoms with Gasteiger partial charge in [-0.1, -0.05) is 12.1 Å². The maximum atomic E-state index is 11.6. The molecule has 0 amide bonds. The van der Waals surface area contributed by atoms with Crippen molar-refractivity contribution in [3.8, 4) is 28.4 Å². The molecule has 1 heterocycles. The fourth-order valence-electron chi connectivity index (χ4n) is 2.13. The molecule has 5 heteroatoms. The van der Waals surface area contributed by atoms with Crippen molar-refractivity contribution < 1.29 is 19.7 Å². The lowest BCUT2D eigenvalue weighted by molar-refractivity contribution is 0.451. The molecule has 0 radical (unpaired) electrons. The first-order valence-corrected chi connectivity index (χ1v) is 5.84. The van der Waals surface area contributed by atoms with Gasteiger partial charge in [-0.15, -0.1) is 0 Å². The molecule has 2 aromatic carbocycles. The lowest BCUT2D eigenvalue weighted by Gasteiger charge is -2.08. The first kappa shape index (κ1) is 12.1. The van der Waals surface area contributed by atoms with E-state index in [-0.39, 0.29) is 22.8 Å². The zero-order valence-electron chi connectivity index (χ0n) is 10.2. The second-order valence-corrected chi connectivity index (χ2v) is 4.36. The Hall–Kier alpha value is -2.95. The van der Waals surface area contributed by atoms with E-state index in [1.54, 1.807) is 12.1 Å². The molecule has 0 atom stereocenters. The van der Waals surface area contributed by atoms with Gasteiger partial charge in [-0.3, -0.25) is 0 Å². The maximum Gasteiger partial charge on any atom is 0.336 e. The minimum absolute atomic E-state index is 0.0954.